The zero-order valence-electron chi connectivity index (χ0n) is 15.6. The maximum Gasteiger partial charge on any atom is 0.333 e. The maximum atomic E-state index is 12.7. The molecule has 1 N–H and O–H groups in total. The minimum Gasteiger partial charge on any atom is -0.493 e. The summed E-state index contributed by atoms with van der Waals surface area (Å²) in [5.41, 5.74) is 3.45. The molecule has 7 heteroatoms. The first-order chi connectivity index (χ1) is 14.1. The summed E-state index contributed by atoms with van der Waals surface area (Å²) in [4.78, 5) is 17.7. The molecule has 146 valence electrons. The molecule has 0 saturated carbocycles. The highest BCUT2D eigenvalue weighted by Gasteiger charge is 2.28. The number of benzene rings is 2. The van der Waals surface area contributed by atoms with E-state index in [1.807, 2.05) is 60.7 Å². The molecule has 1 aliphatic heterocycles. The average molecular weight is 423 g/mol. The Hall–Kier alpha value is -3.03. The Morgan fingerprint density at radius 1 is 1.24 bits per heavy atom. The molecule has 2 aromatic carbocycles. The lowest BCUT2D eigenvalue weighted by atomic mass is 10.1. The monoisotopic (exact) mass is 422 g/mol. The predicted molar refractivity (Wildman–Crippen MR) is 118 cm³/mol. The van der Waals surface area contributed by atoms with Crippen molar-refractivity contribution in [2.45, 2.75) is 13.0 Å². The van der Waals surface area contributed by atoms with Gasteiger partial charge in [0, 0.05) is 17.4 Å². The molecule has 1 aliphatic rings. The molecule has 0 amide bonds. The van der Waals surface area contributed by atoms with Crippen molar-refractivity contribution in [1.29, 1.82) is 0 Å². The summed E-state index contributed by atoms with van der Waals surface area (Å²) in [5, 5.41) is 11.0. The molecule has 0 saturated heterocycles. The van der Waals surface area contributed by atoms with Crippen LogP contribution in [0.2, 0.25) is 0 Å². The lowest BCUT2D eigenvalue weighted by Crippen LogP contribution is -2.23. The van der Waals surface area contributed by atoms with Gasteiger partial charge in [-0.25, -0.2) is 4.79 Å². The average Bonchev–Trinajstić information content (AvgIpc) is 3.26. The summed E-state index contributed by atoms with van der Waals surface area (Å²) >= 11 is 6.75. The van der Waals surface area contributed by atoms with Crippen molar-refractivity contribution >= 4 is 53.1 Å². The van der Waals surface area contributed by atoms with Gasteiger partial charge < -0.3 is 9.84 Å². The second-order valence-electron chi connectivity index (χ2n) is 6.37. The van der Waals surface area contributed by atoms with Gasteiger partial charge in [0.05, 0.1) is 17.2 Å². The number of carbonyl (C=O) groups excluding carboxylic acids is 1. The lowest BCUT2D eigenvalue weighted by Gasteiger charge is -2.18. The minimum atomic E-state index is -0.850. The summed E-state index contributed by atoms with van der Waals surface area (Å²) in [6, 6.07) is 16.1. The molecule has 5 nitrogen and oxygen atoms in total. The molecule has 29 heavy (non-hydrogen) atoms. The maximum absolute atomic E-state index is 12.7. The number of carbonyl (C=O) groups is 1. The van der Waals surface area contributed by atoms with Crippen molar-refractivity contribution in [1.82, 2.24) is 4.57 Å². The van der Waals surface area contributed by atoms with Crippen LogP contribution in [0, 0.1) is 3.95 Å². The zero-order valence-corrected chi connectivity index (χ0v) is 17.2. The van der Waals surface area contributed by atoms with Gasteiger partial charge in [0.1, 0.15) is 0 Å². The first-order valence-corrected chi connectivity index (χ1v) is 10.3. The van der Waals surface area contributed by atoms with Crippen molar-refractivity contribution < 1.29 is 14.6 Å². The van der Waals surface area contributed by atoms with Crippen molar-refractivity contribution in [3.63, 3.8) is 0 Å². The van der Waals surface area contributed by atoms with E-state index in [1.165, 1.54) is 15.9 Å². The molecule has 0 fully saturated rings. The zero-order chi connectivity index (χ0) is 20.4. The number of hydrogen-bond acceptors (Lipinski definition) is 6. The Balaban J connectivity index is 1.81. The fraction of sp³-hybridized carbons (Fsp3) is 0.136. The molecule has 2 heterocycles. The molecule has 1 atom stereocenters. The fourth-order valence-electron chi connectivity index (χ4n) is 3.26. The molecule has 0 aliphatic carbocycles. The van der Waals surface area contributed by atoms with Crippen molar-refractivity contribution in [3.05, 3.63) is 74.6 Å². The molecule has 1 aromatic heterocycles. The Bertz CT molecular complexity index is 1180. The van der Waals surface area contributed by atoms with Crippen LogP contribution < -0.4 is 0 Å². The van der Waals surface area contributed by atoms with Gasteiger partial charge in [-0.15, -0.1) is 11.3 Å². The van der Waals surface area contributed by atoms with E-state index >= 15 is 0 Å². The van der Waals surface area contributed by atoms with E-state index in [0.29, 0.717) is 14.4 Å². The third kappa shape index (κ3) is 3.66. The first-order valence-electron chi connectivity index (χ1n) is 9.11. The summed E-state index contributed by atoms with van der Waals surface area (Å²) in [6.07, 6.45) is 3.60. The molecule has 0 spiro atoms. The number of aromatic nitrogens is 1. The van der Waals surface area contributed by atoms with Gasteiger partial charge in [0.25, 0.3) is 0 Å². The number of hydrogen-bond donors (Lipinski definition) is 1. The van der Waals surface area contributed by atoms with Crippen molar-refractivity contribution in [2.24, 2.45) is 4.99 Å². The van der Waals surface area contributed by atoms with Gasteiger partial charge in [-0.2, -0.15) is 0 Å². The van der Waals surface area contributed by atoms with Gasteiger partial charge in [0.2, 0.25) is 5.88 Å². The van der Waals surface area contributed by atoms with Gasteiger partial charge >= 0.3 is 5.97 Å². The quantitative estimate of drug-likeness (QED) is 0.442. The highest BCUT2D eigenvalue weighted by molar-refractivity contribution is 7.73. The summed E-state index contributed by atoms with van der Waals surface area (Å²) in [6.45, 7) is 1.99. The van der Waals surface area contributed by atoms with E-state index in [-0.39, 0.29) is 12.5 Å². The number of fused-ring (bicyclic) bond motifs is 1. The molecular formula is C22H18N2O3S2. The molecule has 0 bridgehead atoms. The predicted octanol–water partition coefficient (Wildman–Crippen LogP) is 5.39. The van der Waals surface area contributed by atoms with Crippen LogP contribution in [0.4, 0.5) is 5.69 Å². The van der Waals surface area contributed by atoms with Gasteiger partial charge in [0.15, 0.2) is 10.00 Å². The fourth-order valence-corrected chi connectivity index (χ4v) is 4.57. The summed E-state index contributed by atoms with van der Waals surface area (Å²) in [5.74, 6) is -0.526. The number of nitrogens with zero attached hydrogens (tertiary/aromatic N) is 2. The topological polar surface area (TPSA) is 63.8 Å². The molecule has 4 rings (SSSR count). The standard InChI is InChI=1S/C22H18N2O3S2/c1-2-27-21(26)19(14-8-4-3-5-9-14)24-20(25)18(29-22(24)28)12-15-13-23-17-11-7-6-10-16(15)17/h3-13,19,25H,2H2,1H3/b15-12+. The normalized spacial score (nSPS) is 14.7. The molecule has 0 radical (unpaired) electrons. The highest BCUT2D eigenvalue weighted by Crippen LogP contribution is 2.38. The van der Waals surface area contributed by atoms with Gasteiger partial charge in [-0.3, -0.25) is 9.56 Å². The van der Waals surface area contributed by atoms with E-state index in [9.17, 15) is 9.90 Å². The van der Waals surface area contributed by atoms with Crippen LogP contribution in [-0.2, 0) is 9.53 Å². The van der Waals surface area contributed by atoms with Crippen LogP contribution in [0.15, 0.2) is 59.6 Å². The largest absolute Gasteiger partial charge is 0.493 e. The van der Waals surface area contributed by atoms with E-state index in [0.717, 1.165) is 16.8 Å². The van der Waals surface area contributed by atoms with E-state index in [2.05, 4.69) is 4.99 Å². The van der Waals surface area contributed by atoms with E-state index in [1.54, 1.807) is 13.1 Å². The second-order valence-corrected chi connectivity index (χ2v) is 8.04. The third-order valence-electron chi connectivity index (χ3n) is 4.57. The number of para-hydroxylation sites is 1. The van der Waals surface area contributed by atoms with E-state index < -0.39 is 12.0 Å². The van der Waals surface area contributed by atoms with Crippen LogP contribution in [-0.4, -0.2) is 28.5 Å². The molecule has 3 aromatic rings. The Morgan fingerprint density at radius 3 is 2.72 bits per heavy atom. The van der Waals surface area contributed by atoms with Crippen LogP contribution in [0.5, 0.6) is 5.88 Å². The van der Waals surface area contributed by atoms with Gasteiger partial charge in [-0.05, 0) is 36.8 Å². The summed E-state index contributed by atoms with van der Waals surface area (Å²) < 4.78 is 7.11. The van der Waals surface area contributed by atoms with Crippen LogP contribution in [0.1, 0.15) is 29.0 Å². The number of allylic oxidation sites excluding steroid dienone is 1. The SMILES string of the molecule is CCOC(=O)C(c1ccccc1)n1c(O)c(/C=C2\C=Nc3ccccc32)sc1=S. The number of rotatable bonds is 5. The number of aliphatic imine (C=N–C) groups is 1. The Kier molecular flexibility index (Phi) is 5.42. The smallest absolute Gasteiger partial charge is 0.333 e. The third-order valence-corrected chi connectivity index (χ3v) is 5.91. The molecular weight excluding hydrogens is 404 g/mol. The molecule has 1 unspecified atom stereocenters. The van der Waals surface area contributed by atoms with Crippen LogP contribution in [0.3, 0.4) is 0 Å². The second kappa shape index (κ2) is 8.14. The first kappa shape index (κ1) is 19.3. The number of ether oxygens (including phenoxy) is 1. The number of aromatic hydroxyl groups is 1. The van der Waals surface area contributed by atoms with Crippen LogP contribution in [0.25, 0.3) is 11.6 Å². The number of esters is 1. The Morgan fingerprint density at radius 2 is 1.97 bits per heavy atom. The number of thiazole rings is 1. The van der Waals surface area contributed by atoms with Crippen LogP contribution >= 0.6 is 23.6 Å². The van der Waals surface area contributed by atoms with Gasteiger partial charge in [-0.1, -0.05) is 48.5 Å². The summed E-state index contributed by atoms with van der Waals surface area (Å²) in [7, 11) is 0. The van der Waals surface area contributed by atoms with Crippen molar-refractivity contribution in [2.75, 3.05) is 6.61 Å². The Labute approximate surface area is 177 Å². The van der Waals surface area contributed by atoms with E-state index in [4.69, 9.17) is 17.0 Å². The van der Waals surface area contributed by atoms with Crippen molar-refractivity contribution in [3.8, 4) is 5.88 Å². The highest BCUT2D eigenvalue weighted by atomic mass is 32.1. The lowest BCUT2D eigenvalue weighted by molar-refractivity contribution is -0.145. The minimum absolute atomic E-state index is 0.0628.